The highest BCUT2D eigenvalue weighted by atomic mass is 32.2. The maximum atomic E-state index is 5.81. The van der Waals surface area contributed by atoms with Crippen LogP contribution >= 0.6 is 11.8 Å². The summed E-state index contributed by atoms with van der Waals surface area (Å²) in [6.07, 6.45) is 0. The van der Waals surface area contributed by atoms with Gasteiger partial charge >= 0.3 is 0 Å². The van der Waals surface area contributed by atoms with Gasteiger partial charge in [-0.25, -0.2) is 0 Å². The Morgan fingerprint density at radius 1 is 1.58 bits per heavy atom. The summed E-state index contributed by atoms with van der Waals surface area (Å²) in [5, 5.41) is 3.97. The first-order chi connectivity index (χ1) is 5.77. The van der Waals surface area contributed by atoms with Crippen molar-refractivity contribution in [3.8, 4) is 0 Å². The van der Waals surface area contributed by atoms with Crippen LogP contribution < -0.4 is 11.1 Å². The van der Waals surface area contributed by atoms with Gasteiger partial charge in [0.25, 0.3) is 0 Å². The van der Waals surface area contributed by atoms with Gasteiger partial charge in [0.1, 0.15) is 0 Å². The second-order valence-corrected chi connectivity index (χ2v) is 4.51. The molecule has 1 aromatic rings. The average Bonchev–Trinajstić information content (AvgIpc) is 2.04. The number of anilines is 2. The first kappa shape index (κ1) is 7.80. The Morgan fingerprint density at radius 3 is 3.25 bits per heavy atom. The van der Waals surface area contributed by atoms with Crippen LogP contribution in [0.4, 0.5) is 11.4 Å². The van der Waals surface area contributed by atoms with Gasteiger partial charge in [0.15, 0.2) is 0 Å². The van der Waals surface area contributed by atoms with Gasteiger partial charge in [-0.3, -0.25) is 0 Å². The number of nitrogen functional groups attached to an aromatic ring is 1. The standard InChI is InChI=1S/C9H12N2S/c1-6-5-11-9-7(10)3-2-4-8(9)12-6/h2-4,6,11H,5,10H2,1H3. The second kappa shape index (κ2) is 2.90. The van der Waals surface area contributed by atoms with Gasteiger partial charge in [0.2, 0.25) is 0 Å². The van der Waals surface area contributed by atoms with E-state index in [2.05, 4.69) is 18.3 Å². The topological polar surface area (TPSA) is 38.0 Å². The third kappa shape index (κ3) is 1.25. The Kier molecular flexibility index (Phi) is 1.89. The largest absolute Gasteiger partial charge is 0.397 e. The molecule has 3 heteroatoms. The van der Waals surface area contributed by atoms with Crippen molar-refractivity contribution in [2.75, 3.05) is 17.6 Å². The molecule has 0 radical (unpaired) electrons. The molecule has 0 bridgehead atoms. The van der Waals surface area contributed by atoms with Gasteiger partial charge in [-0.15, -0.1) is 11.8 Å². The highest BCUT2D eigenvalue weighted by Crippen LogP contribution is 2.37. The van der Waals surface area contributed by atoms with Crippen molar-refractivity contribution < 1.29 is 0 Å². The van der Waals surface area contributed by atoms with E-state index in [0.717, 1.165) is 17.9 Å². The smallest absolute Gasteiger partial charge is 0.0712 e. The van der Waals surface area contributed by atoms with E-state index in [0.29, 0.717) is 5.25 Å². The highest BCUT2D eigenvalue weighted by molar-refractivity contribution is 8.00. The molecule has 12 heavy (non-hydrogen) atoms. The number of rotatable bonds is 0. The number of hydrogen-bond acceptors (Lipinski definition) is 3. The number of para-hydroxylation sites is 1. The second-order valence-electron chi connectivity index (χ2n) is 3.03. The van der Waals surface area contributed by atoms with Crippen molar-refractivity contribution in [1.82, 2.24) is 0 Å². The summed E-state index contributed by atoms with van der Waals surface area (Å²) >= 11 is 1.88. The number of hydrogen-bond donors (Lipinski definition) is 2. The number of benzene rings is 1. The normalized spacial score (nSPS) is 21.2. The van der Waals surface area contributed by atoms with Crippen molar-refractivity contribution in [3.63, 3.8) is 0 Å². The molecule has 3 N–H and O–H groups in total. The number of nitrogens with one attached hydrogen (secondary N) is 1. The molecule has 1 unspecified atom stereocenters. The minimum atomic E-state index is 0.638. The maximum Gasteiger partial charge on any atom is 0.0712 e. The molecule has 2 rings (SSSR count). The maximum absolute atomic E-state index is 5.81. The molecule has 0 saturated carbocycles. The minimum absolute atomic E-state index is 0.638. The zero-order chi connectivity index (χ0) is 8.55. The average molecular weight is 180 g/mol. The lowest BCUT2D eigenvalue weighted by Crippen LogP contribution is -2.19. The lowest BCUT2D eigenvalue weighted by Gasteiger charge is -2.23. The van der Waals surface area contributed by atoms with Gasteiger partial charge in [-0.1, -0.05) is 13.0 Å². The Hall–Kier alpha value is -0.830. The van der Waals surface area contributed by atoms with E-state index >= 15 is 0 Å². The van der Waals surface area contributed by atoms with Crippen LogP contribution in [0.1, 0.15) is 6.92 Å². The van der Waals surface area contributed by atoms with Crippen LogP contribution in [0.5, 0.6) is 0 Å². The van der Waals surface area contributed by atoms with Crippen molar-refractivity contribution in [2.45, 2.75) is 17.1 Å². The molecular weight excluding hydrogens is 168 g/mol. The zero-order valence-corrected chi connectivity index (χ0v) is 7.82. The summed E-state index contributed by atoms with van der Waals surface area (Å²) in [4.78, 5) is 1.27. The third-order valence-corrected chi connectivity index (χ3v) is 3.12. The first-order valence-corrected chi connectivity index (χ1v) is 4.94. The summed E-state index contributed by atoms with van der Waals surface area (Å²) in [7, 11) is 0. The van der Waals surface area contributed by atoms with Crippen LogP contribution in [0.25, 0.3) is 0 Å². The number of nitrogens with two attached hydrogens (primary N) is 1. The minimum Gasteiger partial charge on any atom is -0.397 e. The van der Waals surface area contributed by atoms with E-state index in [4.69, 9.17) is 5.73 Å². The van der Waals surface area contributed by atoms with E-state index in [-0.39, 0.29) is 0 Å². The van der Waals surface area contributed by atoms with Crippen LogP contribution in [-0.2, 0) is 0 Å². The first-order valence-electron chi connectivity index (χ1n) is 4.06. The van der Waals surface area contributed by atoms with E-state index < -0.39 is 0 Å². The lowest BCUT2D eigenvalue weighted by atomic mass is 10.2. The van der Waals surface area contributed by atoms with Crippen molar-refractivity contribution >= 4 is 23.1 Å². The molecule has 0 amide bonds. The van der Waals surface area contributed by atoms with Crippen LogP contribution in [0.2, 0.25) is 0 Å². The van der Waals surface area contributed by atoms with Crippen molar-refractivity contribution in [2.24, 2.45) is 0 Å². The highest BCUT2D eigenvalue weighted by Gasteiger charge is 2.15. The van der Waals surface area contributed by atoms with Gasteiger partial charge < -0.3 is 11.1 Å². The number of fused-ring (bicyclic) bond motifs is 1. The zero-order valence-electron chi connectivity index (χ0n) is 7.00. The van der Waals surface area contributed by atoms with Gasteiger partial charge in [-0.05, 0) is 12.1 Å². The van der Waals surface area contributed by atoms with Gasteiger partial charge in [0, 0.05) is 16.7 Å². The fourth-order valence-electron chi connectivity index (χ4n) is 1.34. The van der Waals surface area contributed by atoms with E-state index in [1.807, 2.05) is 23.9 Å². The molecule has 1 aliphatic rings. The van der Waals surface area contributed by atoms with Crippen LogP contribution in [-0.4, -0.2) is 11.8 Å². The monoisotopic (exact) mass is 180 g/mol. The van der Waals surface area contributed by atoms with Crippen LogP contribution in [0.3, 0.4) is 0 Å². The molecule has 0 aromatic heterocycles. The number of thioether (sulfide) groups is 1. The molecule has 1 atom stereocenters. The van der Waals surface area contributed by atoms with Crippen molar-refractivity contribution in [1.29, 1.82) is 0 Å². The lowest BCUT2D eigenvalue weighted by molar-refractivity contribution is 0.976. The quantitative estimate of drug-likeness (QED) is 0.601. The molecular formula is C9H12N2S. The molecule has 0 fully saturated rings. The summed E-state index contributed by atoms with van der Waals surface area (Å²) in [6.45, 7) is 3.22. The van der Waals surface area contributed by atoms with Crippen LogP contribution in [0, 0.1) is 0 Å². The van der Waals surface area contributed by atoms with Crippen molar-refractivity contribution in [3.05, 3.63) is 18.2 Å². The van der Waals surface area contributed by atoms with E-state index in [1.54, 1.807) is 0 Å². The van der Waals surface area contributed by atoms with E-state index in [9.17, 15) is 0 Å². The fourth-order valence-corrected chi connectivity index (χ4v) is 2.40. The summed E-state index contributed by atoms with van der Waals surface area (Å²) in [5.41, 5.74) is 7.78. The molecule has 1 aromatic carbocycles. The molecule has 0 saturated heterocycles. The summed E-state index contributed by atoms with van der Waals surface area (Å²) < 4.78 is 0. The Balaban J connectivity index is 2.42. The molecule has 64 valence electrons. The molecule has 0 aliphatic carbocycles. The Morgan fingerprint density at radius 2 is 2.42 bits per heavy atom. The summed E-state index contributed by atoms with van der Waals surface area (Å²) in [5.74, 6) is 0. The molecule has 2 nitrogen and oxygen atoms in total. The fraction of sp³-hybridized carbons (Fsp3) is 0.333. The molecule has 0 spiro atoms. The SMILES string of the molecule is CC1CNc2c(N)cccc2S1. The Bertz CT molecular complexity index is 299. The van der Waals surface area contributed by atoms with E-state index in [1.165, 1.54) is 4.90 Å². The van der Waals surface area contributed by atoms with Crippen LogP contribution in [0.15, 0.2) is 23.1 Å². The summed E-state index contributed by atoms with van der Waals surface area (Å²) in [6, 6.07) is 6.04. The molecule has 1 aliphatic heterocycles. The van der Waals surface area contributed by atoms with Gasteiger partial charge in [0.05, 0.1) is 11.4 Å². The third-order valence-electron chi connectivity index (χ3n) is 1.95. The predicted molar refractivity (Wildman–Crippen MR) is 54.7 cm³/mol. The molecule has 1 heterocycles. The Labute approximate surface area is 76.5 Å². The predicted octanol–water partition coefficient (Wildman–Crippen LogP) is 2.17. The van der Waals surface area contributed by atoms with Gasteiger partial charge in [-0.2, -0.15) is 0 Å².